The van der Waals surface area contributed by atoms with Gasteiger partial charge in [0.25, 0.3) is 5.91 Å². The number of esters is 2. The van der Waals surface area contributed by atoms with Crippen molar-refractivity contribution in [2.24, 2.45) is 11.8 Å². The van der Waals surface area contributed by atoms with Crippen LogP contribution in [-0.4, -0.2) is 66.6 Å². The summed E-state index contributed by atoms with van der Waals surface area (Å²) in [5.41, 5.74) is 0.431. The van der Waals surface area contributed by atoms with E-state index in [-0.39, 0.29) is 23.8 Å². The van der Waals surface area contributed by atoms with Gasteiger partial charge in [-0.2, -0.15) is 0 Å². The highest BCUT2D eigenvalue weighted by atomic mass is 31.2. The van der Waals surface area contributed by atoms with Gasteiger partial charge in [0.05, 0.1) is 25.0 Å². The first kappa shape index (κ1) is 25.4. The first-order valence-electron chi connectivity index (χ1n) is 11.7. The van der Waals surface area contributed by atoms with E-state index in [1.807, 2.05) is 6.07 Å². The molecule has 0 saturated carbocycles. The van der Waals surface area contributed by atoms with Gasteiger partial charge in [-0.25, -0.2) is 9.34 Å². The van der Waals surface area contributed by atoms with Crippen molar-refractivity contribution >= 4 is 25.4 Å². The summed E-state index contributed by atoms with van der Waals surface area (Å²) in [4.78, 5) is 37.3. The predicted octanol–water partition coefficient (Wildman–Crippen LogP) is 3.07. The Labute approximate surface area is 195 Å². The van der Waals surface area contributed by atoms with Crippen LogP contribution >= 0.6 is 7.59 Å². The van der Waals surface area contributed by atoms with Crippen LogP contribution in [0.3, 0.4) is 0 Å². The van der Waals surface area contributed by atoms with Crippen LogP contribution in [0.15, 0.2) is 30.3 Å². The Morgan fingerprint density at radius 1 is 0.848 bits per heavy atom. The number of piperidine rings is 2. The SMILES string of the molecule is CCOC(=O)C1CCN(P(=O)(NC(=O)c2ccccc2)N2CCC(C(=O)OCC)CC2)CC1. The fourth-order valence-electron chi connectivity index (χ4n) is 4.37. The molecule has 33 heavy (non-hydrogen) atoms. The summed E-state index contributed by atoms with van der Waals surface area (Å²) in [6, 6.07) is 8.70. The summed E-state index contributed by atoms with van der Waals surface area (Å²) >= 11 is 0. The second kappa shape index (κ2) is 11.8. The molecule has 0 unspecified atom stereocenters. The van der Waals surface area contributed by atoms with Crippen molar-refractivity contribution in [3.63, 3.8) is 0 Å². The molecular formula is C23H34N3O6P. The van der Waals surface area contributed by atoms with E-state index >= 15 is 0 Å². The monoisotopic (exact) mass is 479 g/mol. The highest BCUT2D eigenvalue weighted by Crippen LogP contribution is 2.52. The van der Waals surface area contributed by atoms with Gasteiger partial charge in [0, 0.05) is 31.7 Å². The van der Waals surface area contributed by atoms with Crippen molar-refractivity contribution in [2.75, 3.05) is 39.4 Å². The molecule has 1 N–H and O–H groups in total. The van der Waals surface area contributed by atoms with Crippen LogP contribution in [0.1, 0.15) is 49.9 Å². The van der Waals surface area contributed by atoms with E-state index in [9.17, 15) is 18.9 Å². The van der Waals surface area contributed by atoms with Crippen molar-refractivity contribution < 1.29 is 28.4 Å². The average molecular weight is 480 g/mol. The normalized spacial score (nSPS) is 19.1. The van der Waals surface area contributed by atoms with E-state index in [2.05, 4.69) is 5.09 Å². The van der Waals surface area contributed by atoms with Crippen LogP contribution in [0.5, 0.6) is 0 Å². The van der Waals surface area contributed by atoms with Gasteiger partial charge < -0.3 is 9.47 Å². The van der Waals surface area contributed by atoms with Crippen LogP contribution in [-0.2, 0) is 23.6 Å². The minimum atomic E-state index is -3.47. The maximum absolute atomic E-state index is 14.4. The molecule has 2 heterocycles. The molecule has 0 aromatic heterocycles. The molecule has 2 aliphatic rings. The molecule has 2 aliphatic heterocycles. The molecule has 1 aromatic rings. The molecule has 1 amide bonds. The smallest absolute Gasteiger partial charge is 0.311 e. The average Bonchev–Trinajstić information content (AvgIpc) is 2.85. The summed E-state index contributed by atoms with van der Waals surface area (Å²) in [6.45, 7) is 5.86. The zero-order chi connectivity index (χ0) is 23.8. The van der Waals surface area contributed by atoms with E-state index in [1.54, 1.807) is 47.5 Å². The first-order valence-corrected chi connectivity index (χ1v) is 13.3. The fraction of sp³-hybridized carbons (Fsp3) is 0.609. The third-order valence-electron chi connectivity index (χ3n) is 6.23. The summed E-state index contributed by atoms with van der Waals surface area (Å²) < 4.78 is 28.3. The van der Waals surface area contributed by atoms with Crippen molar-refractivity contribution in [3.05, 3.63) is 35.9 Å². The molecule has 0 spiro atoms. The number of benzene rings is 1. The number of ether oxygens (including phenoxy) is 2. The van der Waals surface area contributed by atoms with Crippen LogP contribution in [0, 0.1) is 11.8 Å². The van der Waals surface area contributed by atoms with E-state index in [4.69, 9.17) is 9.47 Å². The van der Waals surface area contributed by atoms with E-state index < -0.39 is 13.5 Å². The zero-order valence-corrected chi connectivity index (χ0v) is 20.3. The van der Waals surface area contributed by atoms with E-state index in [1.165, 1.54) is 0 Å². The highest BCUT2D eigenvalue weighted by Gasteiger charge is 2.44. The quantitative estimate of drug-likeness (QED) is 0.448. The van der Waals surface area contributed by atoms with Gasteiger partial charge in [-0.05, 0) is 51.7 Å². The number of carbonyl (C=O) groups is 3. The van der Waals surface area contributed by atoms with Gasteiger partial charge in [0.2, 0.25) is 0 Å². The Kier molecular flexibility index (Phi) is 9.06. The Morgan fingerprint density at radius 3 is 1.67 bits per heavy atom. The van der Waals surface area contributed by atoms with Crippen molar-refractivity contribution in [1.82, 2.24) is 14.4 Å². The van der Waals surface area contributed by atoms with Crippen molar-refractivity contribution in [3.8, 4) is 0 Å². The highest BCUT2D eigenvalue weighted by molar-refractivity contribution is 7.57. The van der Waals surface area contributed by atoms with Gasteiger partial charge in [0.1, 0.15) is 0 Å². The Balaban J connectivity index is 1.74. The number of nitrogens with one attached hydrogen (secondary N) is 1. The molecule has 0 aliphatic carbocycles. The molecule has 3 rings (SSSR count). The fourth-order valence-corrected chi connectivity index (χ4v) is 6.95. The third kappa shape index (κ3) is 6.22. The van der Waals surface area contributed by atoms with Crippen molar-refractivity contribution in [2.45, 2.75) is 39.5 Å². The standard InChI is InChI=1S/C23H34N3O6P/c1-3-31-22(28)19-10-14-25(15-11-19)33(30,24-21(27)18-8-6-5-7-9-18)26-16-12-20(13-17-26)23(29)32-4-2/h5-9,19-20H,3-4,10-17H2,1-2H3,(H,24,27,30). The van der Waals surface area contributed by atoms with E-state index in [0.717, 1.165) is 0 Å². The number of hydrogen-bond acceptors (Lipinski definition) is 6. The molecule has 10 heteroatoms. The Hall–Kier alpha value is -2.22. The number of rotatable bonds is 8. The Bertz CT molecular complexity index is 822. The van der Waals surface area contributed by atoms with E-state index in [0.29, 0.717) is 70.6 Å². The molecular weight excluding hydrogens is 445 g/mol. The third-order valence-corrected chi connectivity index (χ3v) is 9.06. The lowest BCUT2D eigenvalue weighted by molar-refractivity contribution is -0.150. The molecule has 2 fully saturated rings. The summed E-state index contributed by atoms with van der Waals surface area (Å²) in [7, 11) is -3.47. The maximum atomic E-state index is 14.4. The number of hydrogen-bond donors (Lipinski definition) is 1. The Morgan fingerprint density at radius 2 is 1.27 bits per heavy atom. The second-order valence-electron chi connectivity index (χ2n) is 8.31. The van der Waals surface area contributed by atoms with Gasteiger partial charge >= 0.3 is 19.5 Å². The minimum absolute atomic E-state index is 0.226. The molecule has 0 bridgehead atoms. The molecule has 9 nitrogen and oxygen atoms in total. The van der Waals surface area contributed by atoms with Crippen LogP contribution in [0.25, 0.3) is 0 Å². The van der Waals surface area contributed by atoms with Gasteiger partial charge in [-0.3, -0.25) is 24.0 Å². The lowest BCUT2D eigenvalue weighted by atomic mass is 9.98. The first-order chi connectivity index (χ1) is 15.9. The molecule has 2 saturated heterocycles. The summed E-state index contributed by atoms with van der Waals surface area (Å²) in [5.74, 6) is -1.31. The summed E-state index contributed by atoms with van der Waals surface area (Å²) in [6.07, 6.45) is 2.07. The zero-order valence-electron chi connectivity index (χ0n) is 19.4. The lowest BCUT2D eigenvalue weighted by Crippen LogP contribution is -2.47. The van der Waals surface area contributed by atoms with Gasteiger partial charge in [-0.1, -0.05) is 18.2 Å². The molecule has 1 aromatic carbocycles. The maximum Gasteiger partial charge on any atom is 0.311 e. The second-order valence-corrected chi connectivity index (χ2v) is 10.8. The van der Waals surface area contributed by atoms with Crippen LogP contribution in [0.4, 0.5) is 0 Å². The van der Waals surface area contributed by atoms with Gasteiger partial charge in [0.15, 0.2) is 0 Å². The number of nitrogens with zero attached hydrogens (tertiary/aromatic N) is 2. The topological polar surface area (TPSA) is 105 Å². The number of amides is 1. The lowest BCUT2D eigenvalue weighted by Gasteiger charge is -2.43. The van der Waals surface area contributed by atoms with Crippen LogP contribution in [0.2, 0.25) is 0 Å². The van der Waals surface area contributed by atoms with Crippen molar-refractivity contribution in [1.29, 1.82) is 0 Å². The van der Waals surface area contributed by atoms with Gasteiger partial charge in [-0.15, -0.1) is 0 Å². The molecule has 0 atom stereocenters. The minimum Gasteiger partial charge on any atom is -0.466 e. The van der Waals surface area contributed by atoms with Crippen LogP contribution < -0.4 is 5.09 Å². The largest absolute Gasteiger partial charge is 0.466 e. The summed E-state index contributed by atoms with van der Waals surface area (Å²) in [5, 5.41) is 2.82. The molecule has 0 radical (unpaired) electrons. The molecule has 182 valence electrons. The number of carbonyl (C=O) groups excluding carboxylic acids is 3. The predicted molar refractivity (Wildman–Crippen MR) is 123 cm³/mol.